The monoisotopic (exact) mass is 1110 g/mol. The fourth-order valence-electron chi connectivity index (χ4n) is 4.62. The van der Waals surface area contributed by atoms with Gasteiger partial charge < -0.3 is 45.1 Å². The molecule has 2 atom stereocenters. The quantitative estimate of drug-likeness (QED) is 0.0534. The normalized spacial score (nSPS) is 12.6. The molecule has 1 unspecified atom stereocenters. The molecule has 8 N–H and O–H groups in total. The van der Waals surface area contributed by atoms with Crippen LogP contribution in [0.5, 0.6) is 17.2 Å². The number of benzene rings is 2. The van der Waals surface area contributed by atoms with Crippen molar-refractivity contribution in [2.45, 2.75) is 24.9 Å². The van der Waals surface area contributed by atoms with Crippen molar-refractivity contribution in [3.05, 3.63) is 46.6 Å². The summed E-state index contributed by atoms with van der Waals surface area (Å²) in [6.45, 7) is -3.04. The molecule has 0 aliphatic carbocycles. The van der Waals surface area contributed by atoms with E-state index in [0.29, 0.717) is 27.8 Å². The fraction of sp³-hybridized carbons (Fsp3) is 0.379. The summed E-state index contributed by atoms with van der Waals surface area (Å²) in [4.78, 5) is 72.5. The highest BCUT2D eigenvalue weighted by atomic mass is 127. The minimum absolute atomic E-state index is 0.120. The maximum atomic E-state index is 12.9. The third-order valence-electron chi connectivity index (χ3n) is 6.71. The van der Waals surface area contributed by atoms with Gasteiger partial charge in [-0.2, -0.15) is 8.42 Å². The van der Waals surface area contributed by atoms with Gasteiger partial charge in [0.05, 0.1) is 43.3 Å². The van der Waals surface area contributed by atoms with Crippen LogP contribution in [0.4, 0.5) is 0 Å². The lowest BCUT2D eigenvalue weighted by molar-refractivity contribution is -0.143. The number of rotatable bonds is 24. The number of ether oxygens (including phenoxy) is 1. The van der Waals surface area contributed by atoms with Crippen molar-refractivity contribution in [1.29, 1.82) is 0 Å². The van der Waals surface area contributed by atoms with Gasteiger partial charge in [-0.15, -0.1) is 0 Å². The number of carbonyl (C=O) groups is 6. The molecule has 2 aromatic rings. The van der Waals surface area contributed by atoms with Crippen LogP contribution in [-0.2, 0) is 45.6 Å². The SMILES string of the molecule is O=C(O)CC(CN(CCN(CC(=O)O)CC(=O)O)CC(=O)O)NCC(=O)N[C@@H](Cc1cc(I)c(Oc2ccc(OS(=O)(=O)O)c(I)c2)c(I)c1)C(=O)O. The molecule has 292 valence electrons. The van der Waals surface area contributed by atoms with Crippen LogP contribution in [0.3, 0.4) is 0 Å². The minimum atomic E-state index is -4.73. The van der Waals surface area contributed by atoms with Gasteiger partial charge in [-0.25, -0.2) is 4.79 Å². The summed E-state index contributed by atoms with van der Waals surface area (Å²) in [7, 11) is -4.73. The van der Waals surface area contributed by atoms with Gasteiger partial charge in [0.25, 0.3) is 0 Å². The van der Waals surface area contributed by atoms with E-state index in [2.05, 4.69) is 14.8 Å². The number of carboxylic acid groups (broad SMARTS) is 5. The van der Waals surface area contributed by atoms with Crippen molar-refractivity contribution in [2.24, 2.45) is 0 Å². The van der Waals surface area contributed by atoms with Crippen LogP contribution < -0.4 is 19.6 Å². The van der Waals surface area contributed by atoms with Crippen molar-refractivity contribution in [1.82, 2.24) is 20.4 Å². The van der Waals surface area contributed by atoms with Gasteiger partial charge in [-0.05, 0) is 104 Å². The molecule has 0 spiro atoms. The van der Waals surface area contributed by atoms with E-state index < -0.39 is 90.8 Å². The second-order valence-corrected chi connectivity index (χ2v) is 15.6. The molecule has 1 amide bonds. The summed E-state index contributed by atoms with van der Waals surface area (Å²) in [6.07, 6.45) is -0.742. The lowest BCUT2D eigenvalue weighted by atomic mass is 10.1. The Hall–Kier alpha value is -3.16. The molecule has 0 fully saturated rings. The molecule has 0 heterocycles. The van der Waals surface area contributed by atoms with Crippen LogP contribution in [0.25, 0.3) is 0 Å². The molecule has 0 aliphatic heterocycles. The summed E-state index contributed by atoms with van der Waals surface area (Å²) < 4.78 is 42.9. The number of nitrogens with zero attached hydrogens (tertiary/aromatic N) is 2. The summed E-state index contributed by atoms with van der Waals surface area (Å²) >= 11 is 5.73. The lowest BCUT2D eigenvalue weighted by Crippen LogP contribution is -2.51. The molecule has 2 aromatic carbocycles. The summed E-state index contributed by atoms with van der Waals surface area (Å²) in [6, 6.07) is 4.98. The van der Waals surface area contributed by atoms with Gasteiger partial charge >= 0.3 is 40.2 Å². The lowest BCUT2D eigenvalue weighted by Gasteiger charge is -2.28. The Morgan fingerprint density at radius 1 is 0.774 bits per heavy atom. The van der Waals surface area contributed by atoms with Crippen LogP contribution >= 0.6 is 67.8 Å². The number of carboxylic acids is 5. The molecular weight excluding hydrogens is 1070 g/mol. The number of carbonyl (C=O) groups excluding carboxylic acids is 1. The molecular formula is C29H33I3N4O16S. The Bertz CT molecular complexity index is 1760. The van der Waals surface area contributed by atoms with E-state index >= 15 is 0 Å². The van der Waals surface area contributed by atoms with E-state index in [1.165, 1.54) is 23.1 Å². The molecule has 24 heteroatoms. The van der Waals surface area contributed by atoms with Gasteiger partial charge in [0, 0.05) is 32.1 Å². The Balaban J connectivity index is 2.11. The smallest absolute Gasteiger partial charge is 0.446 e. The molecule has 0 bridgehead atoms. The van der Waals surface area contributed by atoms with Crippen molar-refractivity contribution in [3.63, 3.8) is 0 Å². The first-order chi connectivity index (χ1) is 24.6. The number of hydrogen-bond acceptors (Lipinski definition) is 13. The third-order valence-corrected chi connectivity index (χ3v) is 9.55. The van der Waals surface area contributed by atoms with E-state index in [0.717, 1.165) is 4.90 Å². The first kappa shape index (κ1) is 46.0. The predicted molar refractivity (Wildman–Crippen MR) is 206 cm³/mol. The average molecular weight is 1110 g/mol. The minimum Gasteiger partial charge on any atom is -0.481 e. The van der Waals surface area contributed by atoms with Gasteiger partial charge in [-0.1, -0.05) is 0 Å². The molecule has 20 nitrogen and oxygen atoms in total. The van der Waals surface area contributed by atoms with Crippen LogP contribution in [-0.4, -0.2) is 142 Å². The molecule has 0 saturated heterocycles. The Morgan fingerprint density at radius 2 is 1.32 bits per heavy atom. The Morgan fingerprint density at radius 3 is 1.81 bits per heavy atom. The molecule has 2 rings (SSSR count). The van der Waals surface area contributed by atoms with Crippen LogP contribution in [0.15, 0.2) is 30.3 Å². The van der Waals surface area contributed by atoms with Crippen LogP contribution in [0, 0.1) is 10.7 Å². The average Bonchev–Trinajstić information content (AvgIpc) is 2.99. The number of aliphatic carboxylic acids is 5. The van der Waals surface area contributed by atoms with E-state index in [-0.39, 0.29) is 31.8 Å². The zero-order valence-electron chi connectivity index (χ0n) is 27.1. The highest BCUT2D eigenvalue weighted by Gasteiger charge is 2.25. The first-order valence-corrected chi connectivity index (χ1v) is 19.4. The summed E-state index contributed by atoms with van der Waals surface area (Å²) in [5.41, 5.74) is 0.506. The highest BCUT2D eigenvalue weighted by molar-refractivity contribution is 14.1. The van der Waals surface area contributed by atoms with E-state index in [9.17, 15) is 52.5 Å². The first-order valence-electron chi connectivity index (χ1n) is 14.8. The van der Waals surface area contributed by atoms with E-state index in [1.54, 1.807) is 34.7 Å². The number of nitrogens with one attached hydrogen (secondary N) is 2. The van der Waals surface area contributed by atoms with Gasteiger partial charge in [0.1, 0.15) is 11.8 Å². The maximum Gasteiger partial charge on any atom is 0.446 e. The van der Waals surface area contributed by atoms with Crippen LogP contribution in [0.2, 0.25) is 0 Å². The number of halogens is 3. The zero-order valence-corrected chi connectivity index (χ0v) is 34.4. The van der Waals surface area contributed by atoms with Gasteiger partial charge in [0.2, 0.25) is 5.91 Å². The van der Waals surface area contributed by atoms with E-state index in [1.807, 2.05) is 45.2 Å². The van der Waals surface area contributed by atoms with Crippen molar-refractivity contribution >= 4 is 114 Å². The fourth-order valence-corrected chi connectivity index (χ4v) is 7.85. The molecule has 0 aromatic heterocycles. The zero-order chi connectivity index (χ0) is 40.0. The Labute approximate surface area is 342 Å². The third kappa shape index (κ3) is 18.1. The van der Waals surface area contributed by atoms with Crippen molar-refractivity contribution < 1.29 is 76.2 Å². The highest BCUT2D eigenvalue weighted by Crippen LogP contribution is 2.35. The van der Waals surface area contributed by atoms with Gasteiger partial charge in [-0.3, -0.25) is 38.3 Å². The number of hydrogen-bond donors (Lipinski definition) is 8. The largest absolute Gasteiger partial charge is 0.481 e. The van der Waals surface area contributed by atoms with Gasteiger partial charge in [0.15, 0.2) is 11.5 Å². The van der Waals surface area contributed by atoms with Crippen molar-refractivity contribution in [3.8, 4) is 17.2 Å². The van der Waals surface area contributed by atoms with E-state index in [4.69, 9.17) is 19.5 Å². The van der Waals surface area contributed by atoms with Crippen LogP contribution in [0.1, 0.15) is 12.0 Å². The maximum absolute atomic E-state index is 12.9. The number of amides is 1. The molecule has 0 aliphatic rings. The summed E-state index contributed by atoms with van der Waals surface area (Å²) in [5.74, 6) is -6.82. The standard InChI is InChI=1S/C29H33I3N4O16S/c30-18-9-17(1-2-22(18)52-53(48,49)50)51-28-19(31)5-15(6-20(28)32)7-21(29(46)47)34-23(37)10-33-16(8-24(38)39)11-35(12-25(40)41)3-4-36(13-26(42)43)14-27(44)45/h1-2,5-6,9,16,21,33H,3-4,7-8,10-14H2,(H,34,37)(H,38,39)(H,40,41)(H,42,43)(H,44,45)(H,46,47)(H,48,49,50)/t16?,21-/m0/s1. The predicted octanol–water partition coefficient (Wildman–Crippen LogP) is 0.877. The topological polar surface area (TPSA) is 307 Å². The second kappa shape index (κ2) is 21.7. The van der Waals surface area contributed by atoms with Crippen molar-refractivity contribution in [2.75, 3.05) is 45.8 Å². The Kier molecular flexibility index (Phi) is 18.8. The molecule has 0 radical (unpaired) electrons. The summed E-state index contributed by atoms with van der Waals surface area (Å²) in [5, 5.41) is 51.8. The molecule has 53 heavy (non-hydrogen) atoms. The second-order valence-electron chi connectivity index (χ2n) is 11.1. The molecule has 0 saturated carbocycles.